The van der Waals surface area contributed by atoms with Gasteiger partial charge in [0, 0.05) is 12.1 Å². The lowest BCUT2D eigenvalue weighted by molar-refractivity contribution is -0.223. The van der Waals surface area contributed by atoms with Crippen LogP contribution in [0, 0.1) is 23.5 Å². The van der Waals surface area contributed by atoms with Gasteiger partial charge >= 0.3 is 12.2 Å². The predicted octanol–water partition coefficient (Wildman–Crippen LogP) is 6.66. The van der Waals surface area contributed by atoms with E-state index in [4.69, 9.17) is 0 Å². The van der Waals surface area contributed by atoms with E-state index in [9.17, 15) is 26.3 Å². The molecular formula is C18H20F6O2. The summed E-state index contributed by atoms with van der Waals surface area (Å²) in [6, 6.07) is 0.970. The molecule has 0 spiro atoms. The minimum absolute atomic E-state index is 0.147. The molecule has 2 nitrogen and oxygen atoms in total. The summed E-state index contributed by atoms with van der Waals surface area (Å²) < 4.78 is 88.7. The van der Waals surface area contributed by atoms with Gasteiger partial charge in [-0.3, -0.25) is 0 Å². The Morgan fingerprint density at radius 2 is 1.69 bits per heavy atom. The highest BCUT2D eigenvalue weighted by molar-refractivity contribution is 5.35. The molecule has 0 aromatic heterocycles. The fraction of sp³-hybridized carbons (Fsp3) is 0.556. The summed E-state index contributed by atoms with van der Waals surface area (Å²) in [5.41, 5.74) is 0. The van der Waals surface area contributed by atoms with Crippen molar-refractivity contribution >= 4 is 0 Å². The first-order valence-corrected chi connectivity index (χ1v) is 8.46. The third-order valence-corrected chi connectivity index (χ3v) is 4.51. The van der Waals surface area contributed by atoms with E-state index in [0.717, 1.165) is 12.8 Å². The lowest BCUT2D eigenvalue weighted by Crippen LogP contribution is -2.37. The number of rotatable bonds is 7. The second kappa shape index (κ2) is 8.68. The average Bonchev–Trinajstić information content (AvgIpc) is 2.54. The van der Waals surface area contributed by atoms with Crippen molar-refractivity contribution in [3.63, 3.8) is 0 Å². The van der Waals surface area contributed by atoms with E-state index in [1.165, 1.54) is 0 Å². The third-order valence-electron chi connectivity index (χ3n) is 4.51. The van der Waals surface area contributed by atoms with Crippen LogP contribution in [0.15, 0.2) is 24.5 Å². The van der Waals surface area contributed by atoms with Gasteiger partial charge in [0.15, 0.2) is 23.6 Å². The molecule has 1 aliphatic rings. The molecule has 0 heterocycles. The van der Waals surface area contributed by atoms with Crippen LogP contribution in [0.1, 0.15) is 45.4 Å². The van der Waals surface area contributed by atoms with E-state index in [1.807, 2.05) is 6.92 Å². The maximum atomic E-state index is 14.3. The molecule has 0 amide bonds. The maximum Gasteiger partial charge on any atom is 0.400 e. The first kappa shape index (κ1) is 20.5. The van der Waals surface area contributed by atoms with Crippen LogP contribution in [0.2, 0.25) is 0 Å². The van der Waals surface area contributed by atoms with E-state index in [-0.39, 0.29) is 19.1 Å². The third kappa shape index (κ3) is 5.32. The zero-order chi connectivity index (χ0) is 19.3. The van der Waals surface area contributed by atoms with Crippen LogP contribution in [0.25, 0.3) is 0 Å². The SMILES string of the molecule is CCCC1CCC(C(F)(F)Oc2cc(F)c(OC=C(F)F)c(F)c2)CC1. The minimum atomic E-state index is -3.58. The Morgan fingerprint density at radius 3 is 2.19 bits per heavy atom. The van der Waals surface area contributed by atoms with Crippen molar-refractivity contribution in [2.24, 2.45) is 11.8 Å². The zero-order valence-electron chi connectivity index (χ0n) is 14.2. The van der Waals surface area contributed by atoms with E-state index in [0.29, 0.717) is 30.9 Å². The van der Waals surface area contributed by atoms with Gasteiger partial charge in [0.2, 0.25) is 0 Å². The van der Waals surface area contributed by atoms with Crippen molar-refractivity contribution in [2.45, 2.75) is 51.6 Å². The Bertz CT molecular complexity index is 612. The second-order valence-corrected chi connectivity index (χ2v) is 6.41. The molecule has 0 bridgehead atoms. The van der Waals surface area contributed by atoms with Gasteiger partial charge in [-0.2, -0.15) is 17.6 Å². The van der Waals surface area contributed by atoms with E-state index >= 15 is 0 Å². The summed E-state index contributed by atoms with van der Waals surface area (Å²) >= 11 is 0. The first-order chi connectivity index (χ1) is 12.2. The molecule has 0 atom stereocenters. The zero-order valence-corrected chi connectivity index (χ0v) is 14.2. The van der Waals surface area contributed by atoms with Crippen molar-refractivity contribution < 1.29 is 35.8 Å². The summed E-state index contributed by atoms with van der Waals surface area (Å²) in [5, 5.41) is 0. The normalized spacial score (nSPS) is 20.6. The van der Waals surface area contributed by atoms with Crippen LogP contribution in [0.4, 0.5) is 26.3 Å². The van der Waals surface area contributed by atoms with Crippen molar-refractivity contribution in [3.05, 3.63) is 36.1 Å². The molecule has 146 valence electrons. The van der Waals surface area contributed by atoms with E-state index in [1.54, 1.807) is 0 Å². The van der Waals surface area contributed by atoms with Crippen LogP contribution >= 0.6 is 0 Å². The molecule has 0 saturated heterocycles. The van der Waals surface area contributed by atoms with Crippen molar-refractivity contribution in [1.82, 2.24) is 0 Å². The standard InChI is InChI=1S/C18H20F6O2/c1-2-3-11-4-6-12(7-5-11)18(23,24)26-13-8-14(19)17(15(20)9-13)25-10-16(21)22/h8-12H,2-7H2,1H3. The van der Waals surface area contributed by atoms with Gasteiger partial charge in [-0.1, -0.05) is 19.8 Å². The molecular weight excluding hydrogens is 362 g/mol. The molecule has 0 unspecified atom stereocenters. The molecule has 1 saturated carbocycles. The Balaban J connectivity index is 2.06. The monoisotopic (exact) mass is 382 g/mol. The lowest BCUT2D eigenvalue weighted by Gasteiger charge is -2.33. The number of halogens is 6. The van der Waals surface area contributed by atoms with Crippen LogP contribution in [-0.4, -0.2) is 6.11 Å². The molecule has 1 aliphatic carbocycles. The van der Waals surface area contributed by atoms with Gasteiger partial charge in [0.1, 0.15) is 5.75 Å². The Morgan fingerprint density at radius 1 is 1.12 bits per heavy atom. The summed E-state index contributed by atoms with van der Waals surface area (Å²) in [6.07, 6.45) is -2.18. The molecule has 26 heavy (non-hydrogen) atoms. The predicted molar refractivity (Wildman–Crippen MR) is 83.2 cm³/mol. The highest BCUT2D eigenvalue weighted by atomic mass is 19.3. The fourth-order valence-electron chi connectivity index (χ4n) is 3.25. The summed E-state index contributed by atoms with van der Waals surface area (Å²) in [4.78, 5) is 0. The minimum Gasteiger partial charge on any atom is -0.453 e. The van der Waals surface area contributed by atoms with Crippen LogP contribution in [-0.2, 0) is 0 Å². The van der Waals surface area contributed by atoms with E-state index in [2.05, 4.69) is 9.47 Å². The smallest absolute Gasteiger partial charge is 0.400 e. The van der Waals surface area contributed by atoms with Crippen molar-refractivity contribution in [1.29, 1.82) is 0 Å². The molecule has 1 fully saturated rings. The van der Waals surface area contributed by atoms with Crippen LogP contribution < -0.4 is 9.47 Å². The highest BCUT2D eigenvalue weighted by Crippen LogP contribution is 2.41. The van der Waals surface area contributed by atoms with Crippen molar-refractivity contribution in [2.75, 3.05) is 0 Å². The molecule has 0 aliphatic heterocycles. The Kier molecular flexibility index (Phi) is 6.83. The Labute approximate surface area is 147 Å². The van der Waals surface area contributed by atoms with Gasteiger partial charge < -0.3 is 9.47 Å². The van der Waals surface area contributed by atoms with Gasteiger partial charge in [-0.05, 0) is 31.6 Å². The van der Waals surface area contributed by atoms with Gasteiger partial charge in [-0.15, -0.1) is 0 Å². The fourth-order valence-corrected chi connectivity index (χ4v) is 3.25. The number of benzene rings is 1. The molecule has 1 aromatic carbocycles. The first-order valence-electron chi connectivity index (χ1n) is 8.46. The highest BCUT2D eigenvalue weighted by Gasteiger charge is 2.44. The topological polar surface area (TPSA) is 18.5 Å². The molecule has 2 rings (SSSR count). The quantitative estimate of drug-likeness (QED) is 0.388. The second-order valence-electron chi connectivity index (χ2n) is 6.41. The van der Waals surface area contributed by atoms with Crippen LogP contribution in [0.3, 0.4) is 0 Å². The molecule has 0 N–H and O–H groups in total. The van der Waals surface area contributed by atoms with Gasteiger partial charge in [-0.25, -0.2) is 8.78 Å². The van der Waals surface area contributed by atoms with Crippen molar-refractivity contribution in [3.8, 4) is 11.5 Å². The number of ether oxygens (including phenoxy) is 2. The average molecular weight is 382 g/mol. The number of alkyl halides is 2. The molecule has 1 aromatic rings. The molecule has 8 heteroatoms. The van der Waals surface area contributed by atoms with E-state index < -0.39 is 41.2 Å². The number of hydrogen-bond donors (Lipinski definition) is 0. The largest absolute Gasteiger partial charge is 0.453 e. The summed E-state index contributed by atoms with van der Waals surface area (Å²) in [5.74, 6) is -5.30. The number of hydrogen-bond acceptors (Lipinski definition) is 2. The van der Waals surface area contributed by atoms with Gasteiger partial charge in [0.05, 0.1) is 5.92 Å². The van der Waals surface area contributed by atoms with Gasteiger partial charge in [0.25, 0.3) is 0 Å². The summed E-state index contributed by atoms with van der Waals surface area (Å²) in [7, 11) is 0. The Hall–Kier alpha value is -1.86. The van der Waals surface area contributed by atoms with Crippen LogP contribution in [0.5, 0.6) is 11.5 Å². The molecule has 0 radical (unpaired) electrons. The summed E-state index contributed by atoms with van der Waals surface area (Å²) in [6.45, 7) is 2.04. The lowest BCUT2D eigenvalue weighted by atomic mass is 9.79. The maximum absolute atomic E-state index is 14.3.